The van der Waals surface area contributed by atoms with Crippen molar-refractivity contribution in [3.63, 3.8) is 0 Å². The lowest BCUT2D eigenvalue weighted by atomic mass is 10.0. The van der Waals surface area contributed by atoms with E-state index in [-0.39, 0.29) is 23.5 Å². The maximum atomic E-state index is 13.2. The second kappa shape index (κ2) is 9.91. The Bertz CT molecular complexity index is 1210. The van der Waals surface area contributed by atoms with Gasteiger partial charge in [-0.05, 0) is 36.6 Å². The van der Waals surface area contributed by atoms with Crippen molar-refractivity contribution in [1.29, 1.82) is 5.41 Å². The Morgan fingerprint density at radius 3 is 2.91 bits per heavy atom. The fourth-order valence-corrected chi connectivity index (χ4v) is 4.02. The highest BCUT2D eigenvalue weighted by Gasteiger charge is 2.27. The third-order valence-electron chi connectivity index (χ3n) is 5.55. The Morgan fingerprint density at radius 1 is 1.30 bits per heavy atom. The number of hydrogen-bond acceptors (Lipinski definition) is 5. The monoisotopic (exact) mass is 468 g/mol. The highest BCUT2D eigenvalue weighted by molar-refractivity contribution is 6.27. The number of ether oxygens (including phenoxy) is 1. The Labute approximate surface area is 195 Å². The summed E-state index contributed by atoms with van der Waals surface area (Å²) in [6, 6.07) is 10.4. The van der Waals surface area contributed by atoms with Crippen LogP contribution < -0.4 is 20.7 Å². The largest absolute Gasteiger partial charge is 0.494 e. The molecule has 0 spiro atoms. The average Bonchev–Trinajstić information content (AvgIpc) is 3.44. The quantitative estimate of drug-likeness (QED) is 0.142. The number of carbonyl (C=O) groups is 2. The van der Waals surface area contributed by atoms with Gasteiger partial charge in [0.05, 0.1) is 35.7 Å². The van der Waals surface area contributed by atoms with E-state index in [1.165, 1.54) is 0 Å². The van der Waals surface area contributed by atoms with Crippen LogP contribution in [0.3, 0.4) is 0 Å². The van der Waals surface area contributed by atoms with Crippen molar-refractivity contribution in [1.82, 2.24) is 25.9 Å². The average molecular weight is 469 g/mol. The van der Waals surface area contributed by atoms with Gasteiger partial charge in [0.2, 0.25) is 0 Å². The van der Waals surface area contributed by atoms with Crippen LogP contribution in [-0.2, 0) is 6.54 Å². The molecule has 3 aromatic rings. The zero-order valence-electron chi connectivity index (χ0n) is 18.1. The smallest absolute Gasteiger partial charge is 0.252 e. The van der Waals surface area contributed by atoms with Crippen molar-refractivity contribution in [2.24, 2.45) is 0 Å². The molecule has 0 fully saturated rings. The van der Waals surface area contributed by atoms with E-state index in [0.717, 1.165) is 11.1 Å². The molecule has 4 rings (SSSR count). The summed E-state index contributed by atoms with van der Waals surface area (Å²) in [4.78, 5) is 33.5. The number of amides is 2. The van der Waals surface area contributed by atoms with Crippen LogP contribution in [0.15, 0.2) is 36.4 Å². The van der Waals surface area contributed by atoms with Crippen LogP contribution in [0.1, 0.15) is 51.0 Å². The molecule has 5 N–H and O–H groups in total. The molecule has 0 unspecified atom stereocenters. The predicted molar refractivity (Wildman–Crippen MR) is 126 cm³/mol. The standard InChI is InChI=1S/C23H25ClN6O3/c1-33-17-9-3-7-15-20(17)30-21(28-15)16(8-4-10-26-18(25)11-24)29-22(31)14-6-2-5-13-12-27-23(32)19(13)14/h2-3,5-7,9,16H,4,8,10-12H2,1H3,(H2,25,26)(H,27,32)(H,28,30)(H,29,31)/t16-/m0/s1. The fourth-order valence-electron chi connectivity index (χ4n) is 3.93. The zero-order chi connectivity index (χ0) is 23.4. The zero-order valence-corrected chi connectivity index (χ0v) is 18.9. The summed E-state index contributed by atoms with van der Waals surface area (Å²) in [5.74, 6) is 0.996. The molecule has 1 atom stereocenters. The van der Waals surface area contributed by atoms with Crippen LogP contribution in [0.5, 0.6) is 5.75 Å². The van der Waals surface area contributed by atoms with E-state index in [1.807, 2.05) is 24.3 Å². The van der Waals surface area contributed by atoms with E-state index < -0.39 is 6.04 Å². The van der Waals surface area contributed by atoms with Gasteiger partial charge in [-0.15, -0.1) is 11.6 Å². The summed E-state index contributed by atoms with van der Waals surface area (Å²) in [6.07, 6.45) is 1.21. The van der Waals surface area contributed by atoms with Gasteiger partial charge in [0.25, 0.3) is 11.8 Å². The fraction of sp³-hybridized carbons (Fsp3) is 0.304. The van der Waals surface area contributed by atoms with Gasteiger partial charge >= 0.3 is 0 Å². The topological polar surface area (TPSA) is 132 Å². The molecule has 10 heteroatoms. The van der Waals surface area contributed by atoms with Crippen LogP contribution in [-0.4, -0.2) is 47.2 Å². The molecule has 2 aromatic carbocycles. The highest BCUT2D eigenvalue weighted by atomic mass is 35.5. The molecule has 0 saturated carbocycles. The number of para-hydroxylation sites is 1. The molecule has 0 radical (unpaired) electrons. The van der Waals surface area contributed by atoms with Gasteiger partial charge in [0.1, 0.15) is 22.9 Å². The maximum absolute atomic E-state index is 13.2. The SMILES string of the molecule is COc1cccc2[nH]c([C@H](CCCNC(=N)CCl)NC(=O)c3cccc4c3C(=O)NC4)nc12. The van der Waals surface area contributed by atoms with Gasteiger partial charge in [0, 0.05) is 13.1 Å². The normalized spacial score (nSPS) is 13.3. The van der Waals surface area contributed by atoms with Crippen molar-refractivity contribution in [2.45, 2.75) is 25.4 Å². The van der Waals surface area contributed by atoms with Crippen molar-refractivity contribution in [2.75, 3.05) is 19.5 Å². The molecule has 0 saturated heterocycles. The first kappa shape index (κ1) is 22.6. The Hall–Kier alpha value is -3.59. The summed E-state index contributed by atoms with van der Waals surface area (Å²) in [5.41, 5.74) is 3.03. The van der Waals surface area contributed by atoms with Crippen LogP contribution >= 0.6 is 11.6 Å². The number of hydrogen-bond donors (Lipinski definition) is 5. The van der Waals surface area contributed by atoms with Gasteiger partial charge in [-0.1, -0.05) is 18.2 Å². The first-order chi connectivity index (χ1) is 16.0. The van der Waals surface area contributed by atoms with E-state index in [2.05, 4.69) is 25.9 Å². The minimum absolute atomic E-state index is 0.116. The Kier molecular flexibility index (Phi) is 6.79. The number of rotatable bonds is 9. The van der Waals surface area contributed by atoms with E-state index in [1.54, 1.807) is 19.2 Å². The number of amidine groups is 1. The molecular weight excluding hydrogens is 444 g/mol. The van der Waals surface area contributed by atoms with Gasteiger partial charge in [-0.3, -0.25) is 15.0 Å². The third kappa shape index (κ3) is 4.78. The van der Waals surface area contributed by atoms with Crippen LogP contribution in [0.25, 0.3) is 11.0 Å². The number of imidazole rings is 1. The third-order valence-corrected chi connectivity index (χ3v) is 5.82. The number of fused-ring (bicyclic) bond motifs is 2. The summed E-state index contributed by atoms with van der Waals surface area (Å²) in [7, 11) is 1.58. The van der Waals surface area contributed by atoms with E-state index in [4.69, 9.17) is 21.7 Å². The van der Waals surface area contributed by atoms with E-state index in [9.17, 15) is 9.59 Å². The number of carbonyl (C=O) groups excluding carboxylic acids is 2. The van der Waals surface area contributed by atoms with Gasteiger partial charge in [0.15, 0.2) is 0 Å². The number of benzene rings is 2. The number of alkyl halides is 1. The summed E-state index contributed by atoms with van der Waals surface area (Å²) < 4.78 is 5.41. The van der Waals surface area contributed by atoms with Crippen molar-refractivity contribution in [3.8, 4) is 5.75 Å². The van der Waals surface area contributed by atoms with Crippen molar-refractivity contribution >= 4 is 40.3 Å². The number of aromatic amines is 1. The summed E-state index contributed by atoms with van der Waals surface area (Å²) in [6.45, 7) is 0.949. The Morgan fingerprint density at radius 2 is 2.12 bits per heavy atom. The number of halogens is 1. The van der Waals surface area contributed by atoms with Gasteiger partial charge in [-0.25, -0.2) is 4.98 Å². The summed E-state index contributed by atoms with van der Waals surface area (Å²) >= 11 is 5.65. The number of aromatic nitrogens is 2. The molecule has 1 aliphatic rings. The van der Waals surface area contributed by atoms with Crippen molar-refractivity contribution in [3.05, 3.63) is 58.9 Å². The molecule has 2 heterocycles. The van der Waals surface area contributed by atoms with Crippen LogP contribution in [0, 0.1) is 5.41 Å². The molecule has 172 valence electrons. The molecule has 1 aromatic heterocycles. The molecular formula is C23H25ClN6O3. The van der Waals surface area contributed by atoms with E-state index in [0.29, 0.717) is 54.1 Å². The van der Waals surface area contributed by atoms with Gasteiger partial charge in [-0.2, -0.15) is 0 Å². The lowest BCUT2D eigenvalue weighted by molar-refractivity contribution is 0.0912. The molecule has 2 amide bonds. The maximum Gasteiger partial charge on any atom is 0.252 e. The highest BCUT2D eigenvalue weighted by Crippen LogP contribution is 2.27. The van der Waals surface area contributed by atoms with E-state index >= 15 is 0 Å². The lowest BCUT2D eigenvalue weighted by Crippen LogP contribution is -2.32. The minimum atomic E-state index is -0.443. The lowest BCUT2D eigenvalue weighted by Gasteiger charge is -2.18. The number of H-pyrrole nitrogens is 1. The number of nitrogens with zero attached hydrogens (tertiary/aromatic N) is 1. The molecule has 0 bridgehead atoms. The second-order valence-corrected chi connectivity index (χ2v) is 7.98. The van der Waals surface area contributed by atoms with Gasteiger partial charge < -0.3 is 25.7 Å². The molecule has 9 nitrogen and oxygen atoms in total. The summed E-state index contributed by atoms with van der Waals surface area (Å²) in [5, 5.41) is 16.4. The molecule has 33 heavy (non-hydrogen) atoms. The van der Waals surface area contributed by atoms with Crippen LogP contribution in [0.2, 0.25) is 0 Å². The predicted octanol–water partition coefficient (Wildman–Crippen LogP) is 2.87. The Balaban J connectivity index is 1.59. The van der Waals surface area contributed by atoms with Crippen LogP contribution in [0.4, 0.5) is 0 Å². The first-order valence-electron chi connectivity index (χ1n) is 10.6. The number of methoxy groups -OCH3 is 1. The minimum Gasteiger partial charge on any atom is -0.494 e. The van der Waals surface area contributed by atoms with Crippen molar-refractivity contribution < 1.29 is 14.3 Å². The molecule has 1 aliphatic heterocycles. The second-order valence-electron chi connectivity index (χ2n) is 7.71. The number of nitrogens with one attached hydrogen (secondary N) is 5. The molecule has 0 aliphatic carbocycles. The first-order valence-corrected chi connectivity index (χ1v) is 11.2.